The second kappa shape index (κ2) is 11.6. The molecule has 1 heterocycles. The lowest BCUT2D eigenvalue weighted by Gasteiger charge is -2.40. The van der Waals surface area contributed by atoms with Gasteiger partial charge in [0, 0.05) is 25.2 Å². The van der Waals surface area contributed by atoms with Gasteiger partial charge in [0.25, 0.3) is 5.60 Å². The summed E-state index contributed by atoms with van der Waals surface area (Å²) in [6.45, 7) is -2.29. The Morgan fingerprint density at radius 1 is 0.878 bits per heavy atom. The highest BCUT2D eigenvalue weighted by Gasteiger charge is 2.70. The molecule has 3 aromatic rings. The Bertz CT molecular complexity index is 1310. The van der Waals surface area contributed by atoms with E-state index in [0.29, 0.717) is 12.1 Å². The van der Waals surface area contributed by atoms with E-state index >= 15 is 0 Å². The quantitative estimate of drug-likeness (QED) is 0.238. The first-order valence-corrected chi connectivity index (χ1v) is 11.6. The zero-order valence-electron chi connectivity index (χ0n) is 20.2. The number of nitrogens with zero attached hydrogens (tertiary/aromatic N) is 1. The average molecular weight is 623 g/mol. The van der Waals surface area contributed by atoms with Crippen LogP contribution in [-0.4, -0.2) is 47.1 Å². The molecule has 0 fully saturated rings. The van der Waals surface area contributed by atoms with Crippen LogP contribution in [0.5, 0.6) is 5.75 Å². The summed E-state index contributed by atoms with van der Waals surface area (Å²) in [6, 6.07) is 10.7. The minimum Gasteiger partial charge on any atom is -0.428 e. The predicted octanol–water partition coefficient (Wildman–Crippen LogP) is 7.04. The molecule has 0 aliphatic carbocycles. The molecule has 2 aromatic carbocycles. The fourth-order valence-electron chi connectivity index (χ4n) is 3.84. The third kappa shape index (κ3) is 7.01. The third-order valence-corrected chi connectivity index (χ3v) is 6.16. The van der Waals surface area contributed by atoms with Crippen molar-refractivity contribution in [1.82, 2.24) is 10.3 Å². The topological polar surface area (TPSA) is 54.4 Å². The molecule has 0 aliphatic heterocycles. The molecule has 0 saturated heterocycles. The van der Waals surface area contributed by atoms with Crippen molar-refractivity contribution in [1.29, 1.82) is 0 Å². The van der Waals surface area contributed by atoms with Crippen LogP contribution >= 0.6 is 11.6 Å². The fraction of sp³-hybridized carbons (Fsp3) is 0.320. The fourth-order valence-corrected chi connectivity index (χ4v) is 3.95. The molecule has 0 aliphatic rings. The normalized spacial score (nSPS) is 14.7. The lowest BCUT2D eigenvalue weighted by Crippen LogP contribution is -2.65. The first kappa shape index (κ1) is 32.3. The van der Waals surface area contributed by atoms with E-state index in [1.807, 2.05) is 5.32 Å². The number of benzene rings is 2. The van der Waals surface area contributed by atoms with Crippen LogP contribution in [0.25, 0.3) is 0 Å². The van der Waals surface area contributed by atoms with Crippen molar-refractivity contribution in [2.75, 3.05) is 6.54 Å². The van der Waals surface area contributed by atoms with Gasteiger partial charge in [0.1, 0.15) is 11.6 Å². The van der Waals surface area contributed by atoms with Gasteiger partial charge < -0.3 is 9.84 Å². The first-order valence-electron chi connectivity index (χ1n) is 11.2. The number of aliphatic hydroxyl groups is 1. The number of hydrogen-bond donors (Lipinski definition) is 2. The Morgan fingerprint density at radius 2 is 1.49 bits per heavy atom. The predicted molar refractivity (Wildman–Crippen MR) is 123 cm³/mol. The van der Waals surface area contributed by atoms with E-state index in [4.69, 9.17) is 11.6 Å². The number of nitrogens with one attached hydrogen (secondary N) is 1. The Hall–Kier alpha value is -3.17. The molecule has 0 radical (unpaired) electrons. The standard InChI is InChI=1S/C25H18ClF11N2O2/c26-16-6-7-19(38-12-16)21(11-14-4-2-1-3-5-14,39-13-22(40,24(32,33)34)25(35,36)37)15-8-17(27)10-18(9-15)41-23(30,31)20(28)29/h1-10,12,20,39-40H,11,13H2/t21-/m0/s1. The molecule has 0 amide bonds. The number of rotatable bonds is 10. The number of ether oxygens (including phenoxy) is 1. The lowest BCUT2D eigenvalue weighted by atomic mass is 9.79. The van der Waals surface area contributed by atoms with E-state index in [-0.39, 0.29) is 16.7 Å². The van der Waals surface area contributed by atoms with Gasteiger partial charge in [0.15, 0.2) is 0 Å². The number of halogens is 12. The second-order valence-electron chi connectivity index (χ2n) is 8.78. The van der Waals surface area contributed by atoms with E-state index in [2.05, 4.69) is 9.72 Å². The number of alkyl halides is 10. The Labute approximate surface area is 229 Å². The van der Waals surface area contributed by atoms with Crippen molar-refractivity contribution < 1.29 is 58.1 Å². The van der Waals surface area contributed by atoms with Gasteiger partial charge in [-0.25, -0.2) is 4.39 Å². The van der Waals surface area contributed by atoms with Crippen LogP contribution in [-0.2, 0) is 12.0 Å². The minimum atomic E-state index is -6.28. The summed E-state index contributed by atoms with van der Waals surface area (Å²) in [5, 5.41) is 11.8. The number of aromatic nitrogens is 1. The molecule has 224 valence electrons. The maximum atomic E-state index is 14.7. The molecule has 1 atom stereocenters. The van der Waals surface area contributed by atoms with Gasteiger partial charge in [-0.3, -0.25) is 10.3 Å². The van der Waals surface area contributed by atoms with E-state index in [1.165, 1.54) is 30.3 Å². The molecular formula is C25H18ClF11N2O2. The molecule has 2 N–H and O–H groups in total. The Kier molecular flexibility index (Phi) is 9.16. The maximum Gasteiger partial charge on any atom is 0.461 e. The maximum absolute atomic E-state index is 14.7. The number of pyridine rings is 1. The zero-order chi connectivity index (χ0) is 30.9. The largest absolute Gasteiger partial charge is 0.461 e. The molecule has 16 heteroatoms. The highest BCUT2D eigenvalue weighted by atomic mass is 35.5. The summed E-state index contributed by atoms with van der Waals surface area (Å²) in [5.74, 6) is -2.67. The van der Waals surface area contributed by atoms with Gasteiger partial charge in [-0.2, -0.15) is 43.9 Å². The molecule has 1 aromatic heterocycles. The molecule has 3 rings (SSSR count). The highest BCUT2D eigenvalue weighted by Crippen LogP contribution is 2.44. The molecule has 4 nitrogen and oxygen atoms in total. The van der Waals surface area contributed by atoms with E-state index < -0.39 is 71.8 Å². The van der Waals surface area contributed by atoms with Crippen LogP contribution in [0.2, 0.25) is 5.02 Å². The summed E-state index contributed by atoms with van der Waals surface area (Å²) in [5.41, 5.74) is -8.69. The Morgan fingerprint density at radius 3 is 2.00 bits per heavy atom. The smallest absolute Gasteiger partial charge is 0.428 e. The third-order valence-electron chi connectivity index (χ3n) is 5.93. The molecule has 0 spiro atoms. The number of hydrogen-bond acceptors (Lipinski definition) is 4. The van der Waals surface area contributed by atoms with Crippen molar-refractivity contribution in [3.05, 3.63) is 94.5 Å². The SMILES string of the molecule is OC(CN[C@@](Cc1ccccc1)(c1cc(F)cc(OC(F)(F)C(F)F)c1)c1ccc(Cl)cn1)(C(F)(F)F)C(F)(F)F. The summed E-state index contributed by atoms with van der Waals surface area (Å²) >= 11 is 5.84. The molecular weight excluding hydrogens is 605 g/mol. The molecule has 0 unspecified atom stereocenters. The van der Waals surface area contributed by atoms with Gasteiger partial charge in [-0.15, -0.1) is 0 Å². The van der Waals surface area contributed by atoms with Crippen molar-refractivity contribution in [3.8, 4) is 5.75 Å². The van der Waals surface area contributed by atoms with Crippen molar-refractivity contribution in [2.45, 2.75) is 42.4 Å². The van der Waals surface area contributed by atoms with E-state index in [1.54, 1.807) is 0 Å². The van der Waals surface area contributed by atoms with Crippen molar-refractivity contribution in [2.24, 2.45) is 0 Å². The second-order valence-corrected chi connectivity index (χ2v) is 9.22. The van der Waals surface area contributed by atoms with Crippen molar-refractivity contribution >= 4 is 11.6 Å². The van der Waals surface area contributed by atoms with Crippen LogP contribution in [0.3, 0.4) is 0 Å². The molecule has 41 heavy (non-hydrogen) atoms. The summed E-state index contributed by atoms with van der Waals surface area (Å²) in [7, 11) is 0. The van der Waals surface area contributed by atoms with Crippen LogP contribution in [0, 0.1) is 5.82 Å². The summed E-state index contributed by atoms with van der Waals surface area (Å²) in [6.07, 6.45) is -21.8. The lowest BCUT2D eigenvalue weighted by molar-refractivity contribution is -0.365. The minimum absolute atomic E-state index is 0.0377. The van der Waals surface area contributed by atoms with Gasteiger partial charge in [0.2, 0.25) is 0 Å². The summed E-state index contributed by atoms with van der Waals surface area (Å²) < 4.78 is 153. The monoisotopic (exact) mass is 622 g/mol. The van der Waals surface area contributed by atoms with Gasteiger partial charge >= 0.3 is 24.9 Å². The van der Waals surface area contributed by atoms with E-state index in [9.17, 15) is 53.4 Å². The van der Waals surface area contributed by atoms with Crippen LogP contribution < -0.4 is 10.1 Å². The van der Waals surface area contributed by atoms with Gasteiger partial charge in [-0.05, 0) is 35.4 Å². The zero-order valence-corrected chi connectivity index (χ0v) is 20.9. The van der Waals surface area contributed by atoms with Gasteiger partial charge in [-0.1, -0.05) is 41.9 Å². The summed E-state index contributed by atoms with van der Waals surface area (Å²) in [4.78, 5) is 3.94. The van der Waals surface area contributed by atoms with Crippen LogP contribution in [0.15, 0.2) is 66.9 Å². The average Bonchev–Trinajstić information content (AvgIpc) is 2.85. The highest BCUT2D eigenvalue weighted by molar-refractivity contribution is 6.30. The van der Waals surface area contributed by atoms with Gasteiger partial charge in [0.05, 0.1) is 16.3 Å². The first-order chi connectivity index (χ1) is 18.8. The Balaban J connectivity index is 2.31. The van der Waals surface area contributed by atoms with E-state index in [0.717, 1.165) is 18.3 Å². The molecule has 0 bridgehead atoms. The van der Waals surface area contributed by atoms with Crippen molar-refractivity contribution in [3.63, 3.8) is 0 Å². The van der Waals surface area contributed by atoms with Crippen LogP contribution in [0.4, 0.5) is 48.3 Å². The molecule has 0 saturated carbocycles. The van der Waals surface area contributed by atoms with Crippen LogP contribution in [0.1, 0.15) is 16.8 Å².